The number of methoxy groups -OCH3 is 1. The largest absolute Gasteiger partial charge is 0.501 e. The summed E-state index contributed by atoms with van der Waals surface area (Å²) in [6.07, 6.45) is 1.94. The van der Waals surface area contributed by atoms with Gasteiger partial charge < -0.3 is 25.0 Å². The van der Waals surface area contributed by atoms with Crippen LogP contribution in [0.25, 0.3) is 0 Å². The molecule has 0 spiro atoms. The van der Waals surface area contributed by atoms with Gasteiger partial charge in [0.15, 0.2) is 5.69 Å². The normalized spacial score (nSPS) is 19.7. The first-order chi connectivity index (χ1) is 18.5. The molecule has 2 bridgehead atoms. The van der Waals surface area contributed by atoms with Crippen LogP contribution >= 0.6 is 0 Å². The number of rotatable bonds is 7. The van der Waals surface area contributed by atoms with Gasteiger partial charge in [0.25, 0.3) is 11.5 Å². The Hall–Kier alpha value is -3.80. The molecular weight excluding hydrogens is 509 g/mol. The number of carbonyl (C=O) groups excluding carboxylic acids is 3. The van der Waals surface area contributed by atoms with Crippen molar-refractivity contribution in [2.45, 2.75) is 51.2 Å². The van der Waals surface area contributed by atoms with Gasteiger partial charge in [0.05, 0.1) is 6.61 Å². The van der Waals surface area contributed by atoms with Crippen molar-refractivity contribution in [3.05, 3.63) is 57.0 Å². The van der Waals surface area contributed by atoms with Gasteiger partial charge in [-0.25, -0.2) is 9.37 Å². The maximum atomic E-state index is 13.6. The van der Waals surface area contributed by atoms with Crippen LogP contribution < -0.4 is 10.9 Å². The SMILES string of the molecule is COCCN(C)C(=O)C(=O)N(C)C1CC2CCC1c1nc(C(=O)NCc3ccc(F)c(C)c3)c(O)c(=O)n1C2. The Labute approximate surface area is 225 Å². The number of ether oxygens (including phenoxy) is 1. The van der Waals surface area contributed by atoms with E-state index in [1.54, 1.807) is 20.0 Å². The molecule has 3 heterocycles. The van der Waals surface area contributed by atoms with Gasteiger partial charge in [0, 0.05) is 52.8 Å². The molecule has 0 saturated heterocycles. The molecule has 3 unspecified atom stereocenters. The van der Waals surface area contributed by atoms with Crippen LogP contribution in [0, 0.1) is 18.7 Å². The van der Waals surface area contributed by atoms with Crippen LogP contribution in [0.1, 0.15) is 52.6 Å². The summed E-state index contributed by atoms with van der Waals surface area (Å²) in [6.45, 7) is 2.51. The van der Waals surface area contributed by atoms with E-state index in [-0.39, 0.29) is 24.8 Å². The van der Waals surface area contributed by atoms with Crippen LogP contribution in [-0.4, -0.2) is 82.6 Å². The van der Waals surface area contributed by atoms with Crippen LogP contribution in [0.3, 0.4) is 0 Å². The molecule has 2 N–H and O–H groups in total. The summed E-state index contributed by atoms with van der Waals surface area (Å²) in [6, 6.07) is 4.01. The Morgan fingerprint density at radius 1 is 1.23 bits per heavy atom. The Kier molecular flexibility index (Phi) is 8.34. The number of fused-ring (bicyclic) bond motifs is 2. The molecule has 12 heteroatoms. The van der Waals surface area contributed by atoms with Crippen LogP contribution in [-0.2, 0) is 27.4 Å². The lowest BCUT2D eigenvalue weighted by atomic mass is 9.78. The predicted molar refractivity (Wildman–Crippen MR) is 139 cm³/mol. The summed E-state index contributed by atoms with van der Waals surface area (Å²) in [5, 5.41) is 13.3. The zero-order chi connectivity index (χ0) is 28.4. The van der Waals surface area contributed by atoms with Crippen molar-refractivity contribution in [2.75, 3.05) is 34.4 Å². The van der Waals surface area contributed by atoms with E-state index in [0.29, 0.717) is 42.9 Å². The van der Waals surface area contributed by atoms with Gasteiger partial charge in [0.1, 0.15) is 11.6 Å². The van der Waals surface area contributed by atoms with E-state index >= 15 is 0 Å². The van der Waals surface area contributed by atoms with Gasteiger partial charge in [-0.15, -0.1) is 0 Å². The number of halogens is 1. The zero-order valence-corrected chi connectivity index (χ0v) is 22.6. The lowest BCUT2D eigenvalue weighted by molar-refractivity contribution is -0.152. The second-order valence-electron chi connectivity index (χ2n) is 10.3. The van der Waals surface area contributed by atoms with Crippen LogP contribution in [0.2, 0.25) is 0 Å². The minimum atomic E-state index is -0.747. The number of nitrogens with zero attached hydrogens (tertiary/aromatic N) is 4. The van der Waals surface area contributed by atoms with E-state index in [4.69, 9.17) is 4.74 Å². The summed E-state index contributed by atoms with van der Waals surface area (Å²) in [5.74, 6) is -3.26. The van der Waals surface area contributed by atoms with Gasteiger partial charge in [-0.1, -0.05) is 12.1 Å². The second-order valence-corrected chi connectivity index (χ2v) is 10.3. The molecule has 1 fully saturated rings. The first kappa shape index (κ1) is 28.2. The molecule has 210 valence electrons. The van der Waals surface area contributed by atoms with E-state index in [1.807, 2.05) is 0 Å². The molecule has 2 aliphatic heterocycles. The first-order valence-corrected chi connectivity index (χ1v) is 12.9. The van der Waals surface area contributed by atoms with Crippen molar-refractivity contribution < 1.29 is 28.6 Å². The summed E-state index contributed by atoms with van der Waals surface area (Å²) in [7, 11) is 4.61. The zero-order valence-electron chi connectivity index (χ0n) is 22.6. The minimum Gasteiger partial charge on any atom is -0.501 e. The van der Waals surface area contributed by atoms with E-state index < -0.39 is 46.7 Å². The third kappa shape index (κ3) is 5.65. The topological polar surface area (TPSA) is 134 Å². The fourth-order valence-electron chi connectivity index (χ4n) is 5.44. The molecule has 2 aromatic rings. The standard InChI is InChI=1S/C27H34FN5O6/c1-15-11-16(6-8-19(15)28)13-29-24(35)21-22(34)25(36)33-14-17-5-7-18(23(33)30-21)20(12-17)32(3)27(38)26(37)31(2)9-10-39-4/h6,8,11,17-18,20,34H,5,7,9-10,12-14H2,1-4H3,(H,29,35). The Morgan fingerprint density at radius 3 is 2.67 bits per heavy atom. The second kappa shape index (κ2) is 11.5. The number of likely N-dealkylation sites (N-methyl/N-ethyl adjacent to an activating group) is 2. The van der Waals surface area contributed by atoms with E-state index in [0.717, 1.165) is 6.42 Å². The van der Waals surface area contributed by atoms with E-state index in [1.165, 1.54) is 40.7 Å². The average molecular weight is 544 g/mol. The third-order valence-electron chi connectivity index (χ3n) is 7.74. The highest BCUT2D eigenvalue weighted by atomic mass is 19.1. The van der Waals surface area contributed by atoms with Gasteiger partial charge in [-0.3, -0.25) is 23.7 Å². The number of aromatic hydroxyl groups is 1. The lowest BCUT2D eigenvalue weighted by Crippen LogP contribution is -2.50. The predicted octanol–water partition coefficient (Wildman–Crippen LogP) is 1.16. The van der Waals surface area contributed by atoms with Crippen molar-refractivity contribution in [1.29, 1.82) is 0 Å². The van der Waals surface area contributed by atoms with Crippen molar-refractivity contribution in [3.63, 3.8) is 0 Å². The quantitative estimate of drug-likeness (QED) is 0.501. The number of carbonyl (C=O) groups is 3. The average Bonchev–Trinajstić information content (AvgIpc) is 3.20. The highest BCUT2D eigenvalue weighted by Gasteiger charge is 2.43. The molecule has 5 rings (SSSR count). The smallest absolute Gasteiger partial charge is 0.312 e. The first-order valence-electron chi connectivity index (χ1n) is 12.9. The molecule has 3 amide bonds. The number of hydrogen-bond donors (Lipinski definition) is 2. The van der Waals surface area contributed by atoms with Crippen molar-refractivity contribution in [2.24, 2.45) is 5.92 Å². The molecule has 1 saturated carbocycles. The van der Waals surface area contributed by atoms with Gasteiger partial charge in [-0.2, -0.15) is 0 Å². The highest BCUT2D eigenvalue weighted by Crippen LogP contribution is 2.42. The molecule has 3 atom stereocenters. The molecule has 1 aromatic heterocycles. The minimum absolute atomic E-state index is 0.0318. The fraction of sp³-hybridized carbons (Fsp3) is 0.519. The molecule has 1 aliphatic carbocycles. The van der Waals surface area contributed by atoms with Crippen molar-refractivity contribution in [1.82, 2.24) is 24.7 Å². The Balaban J connectivity index is 1.60. The Bertz CT molecular complexity index is 1340. The lowest BCUT2D eigenvalue weighted by Gasteiger charge is -2.38. The number of aryl methyl sites for hydroxylation is 1. The van der Waals surface area contributed by atoms with Gasteiger partial charge in [0.2, 0.25) is 5.75 Å². The fourth-order valence-corrected chi connectivity index (χ4v) is 5.44. The molecular formula is C27H34FN5O6. The van der Waals surface area contributed by atoms with E-state index in [9.17, 15) is 28.7 Å². The number of aromatic nitrogens is 2. The number of nitrogens with one attached hydrogen (secondary N) is 1. The monoisotopic (exact) mass is 543 g/mol. The summed E-state index contributed by atoms with van der Waals surface area (Å²) in [5.41, 5.74) is -0.0507. The molecule has 11 nitrogen and oxygen atoms in total. The highest BCUT2D eigenvalue weighted by molar-refractivity contribution is 6.34. The molecule has 0 radical (unpaired) electrons. The van der Waals surface area contributed by atoms with Crippen molar-refractivity contribution >= 4 is 17.7 Å². The summed E-state index contributed by atoms with van der Waals surface area (Å²) in [4.78, 5) is 59.2. The van der Waals surface area contributed by atoms with Gasteiger partial charge in [-0.05, 0) is 49.3 Å². The van der Waals surface area contributed by atoms with Gasteiger partial charge >= 0.3 is 11.8 Å². The summed E-state index contributed by atoms with van der Waals surface area (Å²) >= 11 is 0. The van der Waals surface area contributed by atoms with Crippen LogP contribution in [0.4, 0.5) is 4.39 Å². The van der Waals surface area contributed by atoms with Crippen molar-refractivity contribution in [3.8, 4) is 5.75 Å². The maximum Gasteiger partial charge on any atom is 0.312 e. The van der Waals surface area contributed by atoms with Crippen LogP contribution in [0.15, 0.2) is 23.0 Å². The number of amides is 3. The Morgan fingerprint density at radius 2 is 1.97 bits per heavy atom. The summed E-state index contributed by atoms with van der Waals surface area (Å²) < 4.78 is 20.0. The van der Waals surface area contributed by atoms with E-state index in [2.05, 4.69) is 10.3 Å². The number of benzene rings is 1. The number of hydrogen-bond acceptors (Lipinski definition) is 7. The molecule has 39 heavy (non-hydrogen) atoms. The molecule has 3 aliphatic rings. The molecule has 1 aromatic carbocycles. The maximum absolute atomic E-state index is 13.6. The third-order valence-corrected chi connectivity index (χ3v) is 7.74. The van der Waals surface area contributed by atoms with Crippen LogP contribution in [0.5, 0.6) is 5.75 Å².